The largest absolute Gasteiger partial charge is 0.478 e. The van der Waals surface area contributed by atoms with E-state index >= 15 is 0 Å². The van der Waals surface area contributed by atoms with Crippen molar-refractivity contribution in [1.82, 2.24) is 9.78 Å². The van der Waals surface area contributed by atoms with E-state index in [-0.39, 0.29) is 16.9 Å². The third-order valence-electron chi connectivity index (χ3n) is 3.27. The van der Waals surface area contributed by atoms with Gasteiger partial charge >= 0.3 is 5.97 Å². The first-order chi connectivity index (χ1) is 9.56. The first-order valence-electron chi connectivity index (χ1n) is 6.14. The van der Waals surface area contributed by atoms with E-state index < -0.39 is 10.9 Å². The standard InChI is InChI=1S/C13H11N3O4/c17-13(18)10-4-3-9(16(19)20)7-12(10)15-6-5-11(14-15)8-1-2-8/h3-8H,1-2H2,(H,17,18). The molecule has 0 saturated heterocycles. The van der Waals surface area contributed by atoms with Crippen molar-refractivity contribution in [1.29, 1.82) is 0 Å². The van der Waals surface area contributed by atoms with Crippen LogP contribution < -0.4 is 0 Å². The summed E-state index contributed by atoms with van der Waals surface area (Å²) < 4.78 is 1.39. The van der Waals surface area contributed by atoms with Gasteiger partial charge in [0, 0.05) is 24.2 Å². The van der Waals surface area contributed by atoms with Crippen molar-refractivity contribution in [3.8, 4) is 5.69 Å². The Morgan fingerprint density at radius 2 is 2.15 bits per heavy atom. The normalized spacial score (nSPS) is 14.2. The van der Waals surface area contributed by atoms with Crippen LogP contribution in [0.2, 0.25) is 0 Å². The average Bonchev–Trinajstić information content (AvgIpc) is 3.15. The summed E-state index contributed by atoms with van der Waals surface area (Å²) in [5, 5.41) is 24.3. The van der Waals surface area contributed by atoms with Crippen LogP contribution in [0.15, 0.2) is 30.5 Å². The molecule has 0 aliphatic heterocycles. The van der Waals surface area contributed by atoms with Crippen LogP contribution in [0.1, 0.15) is 34.8 Å². The van der Waals surface area contributed by atoms with E-state index in [9.17, 15) is 20.0 Å². The number of rotatable bonds is 4. The van der Waals surface area contributed by atoms with Crippen LogP contribution in [0, 0.1) is 10.1 Å². The molecule has 0 atom stereocenters. The molecule has 1 N–H and O–H groups in total. The SMILES string of the molecule is O=C(O)c1ccc([N+](=O)[O-])cc1-n1ccc(C2CC2)n1. The molecule has 7 heteroatoms. The van der Waals surface area contributed by atoms with Crippen molar-refractivity contribution in [3.05, 3.63) is 51.8 Å². The smallest absolute Gasteiger partial charge is 0.337 e. The summed E-state index contributed by atoms with van der Waals surface area (Å²) in [7, 11) is 0. The lowest BCUT2D eigenvalue weighted by Gasteiger charge is -2.06. The van der Waals surface area contributed by atoms with Crippen molar-refractivity contribution < 1.29 is 14.8 Å². The van der Waals surface area contributed by atoms with Gasteiger partial charge < -0.3 is 5.11 Å². The molecule has 0 radical (unpaired) electrons. The summed E-state index contributed by atoms with van der Waals surface area (Å²) >= 11 is 0. The van der Waals surface area contributed by atoms with Gasteiger partial charge in [-0.05, 0) is 25.0 Å². The lowest BCUT2D eigenvalue weighted by Crippen LogP contribution is -2.07. The Morgan fingerprint density at radius 1 is 1.40 bits per heavy atom. The number of aromatic nitrogens is 2. The zero-order chi connectivity index (χ0) is 14.3. The summed E-state index contributed by atoms with van der Waals surface area (Å²) in [6.07, 6.45) is 3.80. The molecule has 0 unspecified atom stereocenters. The summed E-state index contributed by atoms with van der Waals surface area (Å²) in [5.41, 5.74) is 0.931. The zero-order valence-electron chi connectivity index (χ0n) is 10.4. The quantitative estimate of drug-likeness (QED) is 0.681. The van der Waals surface area contributed by atoms with Crippen molar-refractivity contribution >= 4 is 11.7 Å². The highest BCUT2D eigenvalue weighted by atomic mass is 16.6. The molecule has 0 spiro atoms. The van der Waals surface area contributed by atoms with E-state index in [0.29, 0.717) is 5.92 Å². The topological polar surface area (TPSA) is 98.3 Å². The molecule has 1 heterocycles. The summed E-state index contributed by atoms with van der Waals surface area (Å²) in [5.74, 6) is -0.707. The van der Waals surface area contributed by atoms with Crippen LogP contribution in [0.25, 0.3) is 5.69 Å². The third-order valence-corrected chi connectivity index (χ3v) is 3.27. The molecule has 20 heavy (non-hydrogen) atoms. The Kier molecular flexibility index (Phi) is 2.74. The molecular weight excluding hydrogens is 262 g/mol. The zero-order valence-corrected chi connectivity index (χ0v) is 10.4. The van der Waals surface area contributed by atoms with Crippen molar-refractivity contribution in [2.75, 3.05) is 0 Å². The Hall–Kier alpha value is -2.70. The van der Waals surface area contributed by atoms with E-state index in [1.54, 1.807) is 6.20 Å². The van der Waals surface area contributed by atoms with Crippen LogP contribution >= 0.6 is 0 Å². The molecule has 1 aliphatic rings. The monoisotopic (exact) mass is 273 g/mol. The van der Waals surface area contributed by atoms with Crippen LogP contribution in [0.5, 0.6) is 0 Å². The van der Waals surface area contributed by atoms with Gasteiger partial charge in [0.15, 0.2) is 0 Å². The van der Waals surface area contributed by atoms with Gasteiger partial charge in [0.25, 0.3) is 5.69 Å². The van der Waals surface area contributed by atoms with Gasteiger partial charge in [0.05, 0.1) is 21.9 Å². The van der Waals surface area contributed by atoms with Gasteiger partial charge in [0.2, 0.25) is 0 Å². The van der Waals surface area contributed by atoms with Crippen LogP contribution in [-0.4, -0.2) is 25.8 Å². The maximum Gasteiger partial charge on any atom is 0.337 e. The number of hydrogen-bond acceptors (Lipinski definition) is 4. The maximum atomic E-state index is 11.2. The second-order valence-corrected chi connectivity index (χ2v) is 4.72. The van der Waals surface area contributed by atoms with Gasteiger partial charge in [-0.2, -0.15) is 5.10 Å². The number of nitrogens with zero attached hydrogens (tertiary/aromatic N) is 3. The number of carboxylic acid groups (broad SMARTS) is 1. The molecular formula is C13H11N3O4. The van der Waals surface area contributed by atoms with Crippen molar-refractivity contribution in [2.24, 2.45) is 0 Å². The second-order valence-electron chi connectivity index (χ2n) is 4.72. The lowest BCUT2D eigenvalue weighted by molar-refractivity contribution is -0.384. The Labute approximate surface area is 113 Å². The molecule has 0 bridgehead atoms. The van der Waals surface area contributed by atoms with Gasteiger partial charge in [-0.25, -0.2) is 9.48 Å². The van der Waals surface area contributed by atoms with Gasteiger partial charge in [0.1, 0.15) is 0 Å². The molecule has 1 aromatic carbocycles. The minimum absolute atomic E-state index is 0.0129. The van der Waals surface area contributed by atoms with Gasteiger partial charge in [-0.15, -0.1) is 0 Å². The molecule has 3 rings (SSSR count). The first-order valence-corrected chi connectivity index (χ1v) is 6.14. The number of carboxylic acids is 1. The fraction of sp³-hybridized carbons (Fsp3) is 0.231. The number of hydrogen-bond donors (Lipinski definition) is 1. The Morgan fingerprint density at radius 3 is 2.75 bits per heavy atom. The lowest BCUT2D eigenvalue weighted by atomic mass is 10.1. The summed E-state index contributed by atoms with van der Waals surface area (Å²) in [4.78, 5) is 21.5. The average molecular weight is 273 g/mol. The molecule has 102 valence electrons. The molecule has 1 aromatic heterocycles. The van der Waals surface area contributed by atoms with Crippen molar-refractivity contribution in [3.63, 3.8) is 0 Å². The van der Waals surface area contributed by atoms with E-state index in [4.69, 9.17) is 0 Å². The van der Waals surface area contributed by atoms with Gasteiger partial charge in [-0.1, -0.05) is 0 Å². The maximum absolute atomic E-state index is 11.2. The van der Waals surface area contributed by atoms with Crippen molar-refractivity contribution in [2.45, 2.75) is 18.8 Å². The molecule has 2 aromatic rings. The highest BCUT2D eigenvalue weighted by Gasteiger charge is 2.26. The molecule has 1 saturated carbocycles. The van der Waals surface area contributed by atoms with Gasteiger partial charge in [-0.3, -0.25) is 10.1 Å². The number of carbonyl (C=O) groups is 1. The minimum atomic E-state index is -1.14. The second kappa shape index (κ2) is 4.44. The van der Waals surface area contributed by atoms with E-state index in [0.717, 1.165) is 18.5 Å². The van der Waals surface area contributed by atoms with Crippen LogP contribution in [0.4, 0.5) is 5.69 Å². The number of benzene rings is 1. The summed E-state index contributed by atoms with van der Waals surface area (Å²) in [6.45, 7) is 0. The molecule has 1 fully saturated rings. The number of aromatic carboxylic acids is 1. The number of nitro groups is 1. The highest BCUT2D eigenvalue weighted by molar-refractivity contribution is 5.92. The first kappa shape index (κ1) is 12.3. The minimum Gasteiger partial charge on any atom is -0.478 e. The Bertz CT molecular complexity index is 703. The third kappa shape index (κ3) is 2.13. The molecule has 0 amide bonds. The highest BCUT2D eigenvalue weighted by Crippen LogP contribution is 2.39. The van der Waals surface area contributed by atoms with Crippen LogP contribution in [0.3, 0.4) is 0 Å². The fourth-order valence-electron chi connectivity index (χ4n) is 2.07. The number of nitro benzene ring substituents is 1. The number of non-ortho nitro benzene ring substituents is 1. The van der Waals surface area contributed by atoms with E-state index in [2.05, 4.69) is 5.10 Å². The van der Waals surface area contributed by atoms with Crippen LogP contribution in [-0.2, 0) is 0 Å². The Balaban J connectivity index is 2.10. The van der Waals surface area contributed by atoms with E-state index in [1.807, 2.05) is 6.07 Å². The van der Waals surface area contributed by atoms with E-state index in [1.165, 1.54) is 22.9 Å². The summed E-state index contributed by atoms with van der Waals surface area (Å²) in [6, 6.07) is 5.46. The molecule has 1 aliphatic carbocycles. The molecule has 7 nitrogen and oxygen atoms in total. The predicted molar refractivity (Wildman–Crippen MR) is 69.2 cm³/mol. The fourth-order valence-corrected chi connectivity index (χ4v) is 2.07. The predicted octanol–water partition coefficient (Wildman–Crippen LogP) is 2.36.